The van der Waals surface area contributed by atoms with Crippen molar-refractivity contribution in [3.8, 4) is 34.5 Å². The fourth-order valence-electron chi connectivity index (χ4n) is 2.93. The summed E-state index contributed by atoms with van der Waals surface area (Å²) in [4.78, 5) is 15.2. The number of nitrogens with zero attached hydrogens (tertiary/aromatic N) is 1. The van der Waals surface area contributed by atoms with Crippen molar-refractivity contribution >= 4 is 34.9 Å². The third-order valence-electron chi connectivity index (χ3n) is 4.46. The first-order valence-corrected chi connectivity index (χ1v) is 10.0. The van der Waals surface area contributed by atoms with Gasteiger partial charge in [0.15, 0.2) is 11.5 Å². The van der Waals surface area contributed by atoms with Crippen LogP contribution >= 0.6 is 23.2 Å². The van der Waals surface area contributed by atoms with Crippen molar-refractivity contribution < 1.29 is 40.6 Å². The Hall–Kier alpha value is -3.62. The molecule has 0 unspecified atom stereocenters. The molecule has 0 spiro atoms. The molecule has 0 saturated carbocycles. The number of nitrogens with one attached hydrogen (secondary N) is 1. The van der Waals surface area contributed by atoms with Gasteiger partial charge in [0, 0.05) is 23.4 Å². The van der Waals surface area contributed by atoms with Gasteiger partial charge in [-0.3, -0.25) is 4.79 Å². The van der Waals surface area contributed by atoms with Crippen molar-refractivity contribution in [3.63, 3.8) is 0 Å². The number of ether oxygens (including phenoxy) is 2. The number of anilines is 1. The van der Waals surface area contributed by atoms with Gasteiger partial charge in [0.2, 0.25) is 0 Å². The highest BCUT2D eigenvalue weighted by Crippen LogP contribution is 2.46. The molecule has 1 aliphatic rings. The van der Waals surface area contributed by atoms with Crippen molar-refractivity contribution in [1.29, 1.82) is 0 Å². The van der Waals surface area contributed by atoms with E-state index in [9.17, 15) is 31.1 Å². The second kappa shape index (κ2) is 8.87. The van der Waals surface area contributed by atoms with Crippen LogP contribution in [0.2, 0.25) is 10.0 Å². The largest absolute Gasteiger partial charge is 0.586 e. The number of aromatic nitrogens is 1. The van der Waals surface area contributed by atoms with Gasteiger partial charge < -0.3 is 14.8 Å². The number of carbonyl (C=O) groups is 1. The molecule has 2 heterocycles. The molecule has 2 aromatic carbocycles. The van der Waals surface area contributed by atoms with Gasteiger partial charge in [-0.05, 0) is 24.3 Å². The number of benzene rings is 2. The third kappa shape index (κ3) is 5.23. The van der Waals surface area contributed by atoms with E-state index in [2.05, 4.69) is 26.3 Å². The normalized spacial score (nSPS) is 13.7. The number of carbonyl (C=O) groups excluding carboxylic acids is 1. The van der Waals surface area contributed by atoms with Gasteiger partial charge in [-0.1, -0.05) is 41.1 Å². The van der Waals surface area contributed by atoms with Crippen LogP contribution in [0.1, 0.15) is 11.1 Å². The van der Waals surface area contributed by atoms with Crippen LogP contribution in [0.25, 0.3) is 11.1 Å². The van der Waals surface area contributed by atoms with Crippen LogP contribution in [-0.2, 0) is 4.79 Å². The molecule has 1 aliphatic heterocycles. The molecular weight excluding hydrogens is 525 g/mol. The van der Waals surface area contributed by atoms with Crippen molar-refractivity contribution in [2.24, 2.45) is 0 Å². The monoisotopic (exact) mass is 532 g/mol. The molecule has 0 saturated heterocycles. The van der Waals surface area contributed by atoms with E-state index in [0.29, 0.717) is 0 Å². The topological polar surface area (TPSA) is 60.5 Å². The molecule has 35 heavy (non-hydrogen) atoms. The third-order valence-corrected chi connectivity index (χ3v) is 5.09. The summed E-state index contributed by atoms with van der Waals surface area (Å²) in [5, 5.41) is 1.43. The minimum atomic E-state index is -5.23. The number of pyridine rings is 1. The summed E-state index contributed by atoms with van der Waals surface area (Å²) >= 11 is 12.1. The van der Waals surface area contributed by atoms with E-state index < -0.39 is 30.0 Å². The lowest BCUT2D eigenvalue weighted by atomic mass is 10.0. The number of halogens is 8. The quantitative estimate of drug-likeness (QED) is 0.306. The standard InChI is InChI=1S/C22H8Cl2F6N2O3/c23-14-2-1-3-16(25)12(14)5-4-10-6-11(9-31-19(10)32-20(33)21(26,27)28)13-7-17-18(8-15(13)24)35-22(29,30)34-17/h1-3,6-9H,(H,31,32,33). The summed E-state index contributed by atoms with van der Waals surface area (Å²) in [6, 6.07) is 7.07. The lowest BCUT2D eigenvalue weighted by molar-refractivity contribution is -0.286. The zero-order chi connectivity index (χ0) is 25.5. The molecular formula is C22H8Cl2F6N2O3. The summed E-state index contributed by atoms with van der Waals surface area (Å²) < 4.78 is 87.8. The maximum absolute atomic E-state index is 14.1. The Labute approximate surface area is 202 Å². The van der Waals surface area contributed by atoms with Crippen molar-refractivity contribution in [1.82, 2.24) is 4.98 Å². The number of alkyl halides is 5. The van der Waals surface area contributed by atoms with Gasteiger partial charge in [0.05, 0.1) is 21.2 Å². The maximum atomic E-state index is 14.1. The summed E-state index contributed by atoms with van der Waals surface area (Å²) in [5.41, 5.74) is -0.347. The van der Waals surface area contributed by atoms with Gasteiger partial charge in [-0.25, -0.2) is 9.37 Å². The molecule has 5 nitrogen and oxygen atoms in total. The highest BCUT2D eigenvalue weighted by atomic mass is 35.5. The van der Waals surface area contributed by atoms with Crippen molar-refractivity contribution in [2.75, 3.05) is 5.32 Å². The smallest absolute Gasteiger partial charge is 0.395 e. The van der Waals surface area contributed by atoms with Crippen LogP contribution < -0.4 is 14.8 Å². The first kappa shape index (κ1) is 24.5. The van der Waals surface area contributed by atoms with Gasteiger partial charge >= 0.3 is 18.4 Å². The Morgan fingerprint density at radius 2 is 1.71 bits per heavy atom. The molecule has 0 aliphatic carbocycles. The Morgan fingerprint density at radius 1 is 1.03 bits per heavy atom. The summed E-state index contributed by atoms with van der Waals surface area (Å²) in [6.45, 7) is 0. The van der Waals surface area contributed by atoms with Crippen LogP contribution in [0.15, 0.2) is 42.6 Å². The zero-order valence-corrected chi connectivity index (χ0v) is 18.2. The molecule has 1 amide bonds. The van der Waals surface area contributed by atoms with Crippen LogP contribution in [0.3, 0.4) is 0 Å². The lowest BCUT2D eigenvalue weighted by Crippen LogP contribution is -2.30. The molecule has 0 fully saturated rings. The second-order valence-corrected chi connectivity index (χ2v) is 7.68. The van der Waals surface area contributed by atoms with E-state index in [1.54, 1.807) is 5.32 Å². The summed E-state index contributed by atoms with van der Waals surface area (Å²) in [6.07, 6.45) is -8.12. The van der Waals surface area contributed by atoms with E-state index in [1.807, 2.05) is 0 Å². The average Bonchev–Trinajstić information content (AvgIpc) is 3.05. The SMILES string of the molecule is O=C(Nc1ncc(-c2cc3c(cc2Cl)OC(F)(F)O3)cc1C#Cc1c(F)cccc1Cl)C(F)(F)F. The lowest BCUT2D eigenvalue weighted by Gasteiger charge is -2.11. The molecule has 0 atom stereocenters. The van der Waals surface area contributed by atoms with E-state index in [-0.39, 0.29) is 43.8 Å². The minimum absolute atomic E-state index is 0.0674. The molecule has 180 valence electrons. The molecule has 1 aromatic heterocycles. The first-order chi connectivity index (χ1) is 16.3. The van der Waals surface area contributed by atoms with Crippen molar-refractivity contribution in [2.45, 2.75) is 12.5 Å². The van der Waals surface area contributed by atoms with E-state index in [4.69, 9.17) is 23.2 Å². The van der Waals surface area contributed by atoms with Gasteiger partial charge in [0.25, 0.3) is 0 Å². The molecule has 0 radical (unpaired) electrons. The van der Waals surface area contributed by atoms with E-state index in [1.165, 1.54) is 18.2 Å². The Balaban J connectivity index is 1.81. The molecule has 13 heteroatoms. The van der Waals surface area contributed by atoms with E-state index in [0.717, 1.165) is 24.4 Å². The number of amides is 1. The Bertz CT molecular complexity index is 1400. The number of hydrogen-bond donors (Lipinski definition) is 1. The Morgan fingerprint density at radius 3 is 2.37 bits per heavy atom. The fourth-order valence-corrected chi connectivity index (χ4v) is 3.40. The molecule has 1 N–H and O–H groups in total. The molecule has 4 rings (SSSR count). The van der Waals surface area contributed by atoms with Crippen molar-refractivity contribution in [3.05, 3.63) is 69.6 Å². The number of hydrogen-bond acceptors (Lipinski definition) is 4. The molecule has 3 aromatic rings. The average molecular weight is 533 g/mol. The number of fused-ring (bicyclic) bond motifs is 1. The predicted molar refractivity (Wildman–Crippen MR) is 113 cm³/mol. The zero-order valence-electron chi connectivity index (χ0n) is 16.7. The van der Waals surface area contributed by atoms with E-state index >= 15 is 0 Å². The highest BCUT2D eigenvalue weighted by molar-refractivity contribution is 6.33. The molecule has 0 bridgehead atoms. The summed E-state index contributed by atoms with van der Waals surface area (Å²) in [5.74, 6) is 0.409. The minimum Gasteiger partial charge on any atom is -0.395 e. The van der Waals surface area contributed by atoms with Crippen LogP contribution in [0.4, 0.5) is 32.2 Å². The first-order valence-electron chi connectivity index (χ1n) is 9.28. The summed E-state index contributed by atoms with van der Waals surface area (Å²) in [7, 11) is 0. The van der Waals surface area contributed by atoms with Crippen LogP contribution in [-0.4, -0.2) is 23.4 Å². The Kier molecular flexibility index (Phi) is 6.21. The second-order valence-electron chi connectivity index (χ2n) is 6.86. The van der Waals surface area contributed by atoms with Crippen LogP contribution in [0, 0.1) is 17.7 Å². The van der Waals surface area contributed by atoms with Gasteiger partial charge in [-0.15, -0.1) is 8.78 Å². The maximum Gasteiger partial charge on any atom is 0.586 e. The van der Waals surface area contributed by atoms with Gasteiger partial charge in [0.1, 0.15) is 11.6 Å². The van der Waals surface area contributed by atoms with Crippen LogP contribution in [0.5, 0.6) is 11.5 Å². The number of rotatable bonds is 2. The predicted octanol–water partition coefficient (Wildman–Crippen LogP) is 6.42. The fraction of sp³-hybridized carbons (Fsp3) is 0.0909. The van der Waals surface area contributed by atoms with Gasteiger partial charge in [-0.2, -0.15) is 13.2 Å². The highest BCUT2D eigenvalue weighted by Gasteiger charge is 2.44.